The van der Waals surface area contributed by atoms with E-state index in [-0.39, 0.29) is 29.2 Å². The molecule has 3 atom stereocenters. The molecule has 3 N–H and O–H groups in total. The van der Waals surface area contributed by atoms with Crippen molar-refractivity contribution in [1.29, 1.82) is 0 Å². The van der Waals surface area contributed by atoms with E-state index in [9.17, 15) is 19.2 Å². The molecule has 0 saturated carbocycles. The maximum atomic E-state index is 14.9. The number of nitrogens with zero attached hydrogens (tertiary/aromatic N) is 2. The number of hydrogen-bond acceptors (Lipinski definition) is 6. The number of Topliss-reactive ketones (excluding diaryl/α,β-unsaturated/α-hetero) is 1. The minimum atomic E-state index is -2.66. The quantitative estimate of drug-likeness (QED) is 0.0423. The fraction of sp³-hybridized carbons (Fsp3) is 0.417. The van der Waals surface area contributed by atoms with E-state index in [2.05, 4.69) is 82.6 Å². The molecule has 5 rings (SSSR count). The summed E-state index contributed by atoms with van der Waals surface area (Å²) in [7, 11) is 0. The minimum absolute atomic E-state index is 0.0590. The van der Waals surface area contributed by atoms with Crippen LogP contribution in [-0.2, 0) is 27.0 Å². The van der Waals surface area contributed by atoms with Crippen molar-refractivity contribution in [1.82, 2.24) is 5.32 Å². The molecule has 11 heteroatoms. The van der Waals surface area contributed by atoms with Gasteiger partial charge in [0, 0.05) is 40.9 Å². The van der Waals surface area contributed by atoms with Crippen molar-refractivity contribution in [2.45, 2.75) is 117 Å². The average Bonchev–Trinajstić information content (AvgIpc) is 3.46. The SMILES string of the molecule is CCC(C)(C)c1ccc(OC(C)CCNc2cccc(NC(=O)C(Cl)(C(=O)C(C)(C)C)[N+]3(Cc4ccccc4)C(=O)NC(=O)N3c3ccccc3)c2)c(C(C)(C)CC)c1. The van der Waals surface area contributed by atoms with E-state index in [0.29, 0.717) is 29.9 Å². The Hall–Kier alpha value is -5.19. The van der Waals surface area contributed by atoms with Crippen LogP contribution in [0.25, 0.3) is 0 Å². The standard InChI is InChI=1S/C48H60ClN5O5/c1-11-46(7,8)35-26-27-40(39(30-35)47(9,10)12-2)59-33(3)28-29-50-36-22-19-23-37(31-36)51-42(56)48(49,41(55)45(4,5)6)54(32-34-20-15-13-16-21-34)44(58)52-43(57)53(54)38-24-17-14-18-25-38/h13-27,30-31,33,50H,11-12,28-29,32H2,1-10H3,(H-,51,52,56,57,58)/p+1. The Labute approximate surface area is 355 Å². The molecular weight excluding hydrogens is 762 g/mol. The molecule has 1 aliphatic heterocycles. The van der Waals surface area contributed by atoms with Crippen LogP contribution in [0.2, 0.25) is 0 Å². The molecule has 0 radical (unpaired) electrons. The average molecular weight is 823 g/mol. The first-order valence-electron chi connectivity index (χ1n) is 20.6. The summed E-state index contributed by atoms with van der Waals surface area (Å²) in [5.41, 5.74) is 3.19. The molecule has 1 heterocycles. The molecule has 0 aromatic heterocycles. The lowest BCUT2D eigenvalue weighted by Gasteiger charge is -2.46. The van der Waals surface area contributed by atoms with Crippen LogP contribution in [0.5, 0.6) is 5.75 Å². The lowest BCUT2D eigenvalue weighted by molar-refractivity contribution is -0.877. The van der Waals surface area contributed by atoms with Crippen LogP contribution in [0.3, 0.4) is 0 Å². The first-order chi connectivity index (χ1) is 27.7. The summed E-state index contributed by atoms with van der Waals surface area (Å²) in [6.45, 7) is 20.7. The van der Waals surface area contributed by atoms with Gasteiger partial charge in [0.25, 0.3) is 0 Å². The zero-order chi connectivity index (χ0) is 43.4. The number of amides is 5. The molecule has 0 aliphatic carbocycles. The first-order valence-corrected chi connectivity index (χ1v) is 20.9. The number of hydrogen-bond donors (Lipinski definition) is 3. The normalized spacial score (nSPS) is 17.5. The van der Waals surface area contributed by atoms with Crippen LogP contribution in [0, 0.1) is 5.41 Å². The number of imide groups is 1. The Bertz CT molecular complexity index is 2150. The van der Waals surface area contributed by atoms with Crippen LogP contribution in [0.1, 0.15) is 105 Å². The molecule has 59 heavy (non-hydrogen) atoms. The maximum Gasteiger partial charge on any atom is 0.452 e. The van der Waals surface area contributed by atoms with Crippen molar-refractivity contribution < 1.29 is 28.5 Å². The molecule has 1 saturated heterocycles. The zero-order valence-corrected chi connectivity index (χ0v) is 37.0. The van der Waals surface area contributed by atoms with Gasteiger partial charge >= 0.3 is 23.0 Å². The number of nitrogens with one attached hydrogen (secondary N) is 3. The van der Waals surface area contributed by atoms with Crippen molar-refractivity contribution in [2.24, 2.45) is 5.41 Å². The van der Waals surface area contributed by atoms with E-state index in [1.54, 1.807) is 93.6 Å². The van der Waals surface area contributed by atoms with Gasteiger partial charge in [-0.1, -0.05) is 134 Å². The third-order valence-corrected chi connectivity index (χ3v) is 12.3. The molecular formula is C48H61ClN5O5+. The summed E-state index contributed by atoms with van der Waals surface area (Å²) >= 11 is 7.53. The molecule has 1 aliphatic rings. The number of alkyl halides is 1. The number of ketones is 1. The topological polar surface area (TPSA) is 117 Å². The number of para-hydroxylation sites is 1. The highest BCUT2D eigenvalue weighted by molar-refractivity contribution is 6.47. The molecule has 1 fully saturated rings. The summed E-state index contributed by atoms with van der Waals surface area (Å²) in [5.74, 6) is -0.812. The van der Waals surface area contributed by atoms with E-state index < -0.39 is 38.8 Å². The van der Waals surface area contributed by atoms with Crippen LogP contribution < -0.4 is 25.7 Å². The second-order valence-electron chi connectivity index (χ2n) is 17.9. The summed E-state index contributed by atoms with van der Waals surface area (Å²) in [4.78, 5) is 55.2. The predicted octanol–water partition coefficient (Wildman–Crippen LogP) is 11.1. The zero-order valence-electron chi connectivity index (χ0n) is 36.2. The fourth-order valence-electron chi connectivity index (χ4n) is 7.27. The van der Waals surface area contributed by atoms with Gasteiger partial charge in [0.15, 0.2) is 0 Å². The Kier molecular flexibility index (Phi) is 13.4. The second kappa shape index (κ2) is 17.6. The Morgan fingerprint density at radius 1 is 0.797 bits per heavy atom. The number of quaternary nitrogens is 1. The van der Waals surface area contributed by atoms with Crippen molar-refractivity contribution >= 4 is 52.4 Å². The van der Waals surface area contributed by atoms with Crippen LogP contribution in [0.4, 0.5) is 26.7 Å². The highest BCUT2D eigenvalue weighted by Crippen LogP contribution is 2.46. The Morgan fingerprint density at radius 2 is 1.41 bits per heavy atom. The Balaban J connectivity index is 1.42. The van der Waals surface area contributed by atoms with Crippen LogP contribution in [0.15, 0.2) is 103 Å². The third-order valence-electron chi connectivity index (χ3n) is 11.7. The molecule has 314 valence electrons. The van der Waals surface area contributed by atoms with Crippen LogP contribution >= 0.6 is 11.6 Å². The Morgan fingerprint density at radius 3 is 2.02 bits per heavy atom. The molecule has 0 spiro atoms. The number of rotatable bonds is 17. The number of halogens is 1. The number of benzene rings is 4. The van der Waals surface area contributed by atoms with Gasteiger partial charge in [-0.3, -0.25) is 9.59 Å². The smallest absolute Gasteiger partial charge is 0.452 e. The number of carbonyl (C=O) groups is 4. The summed E-state index contributed by atoms with van der Waals surface area (Å²) in [5, 5.41) is 9.78. The third kappa shape index (κ3) is 9.19. The van der Waals surface area contributed by atoms with Crippen molar-refractivity contribution in [3.05, 3.63) is 120 Å². The molecule has 4 aromatic carbocycles. The van der Waals surface area contributed by atoms with E-state index in [1.807, 2.05) is 12.1 Å². The molecule has 3 unspecified atom stereocenters. The number of urea groups is 2. The summed E-state index contributed by atoms with van der Waals surface area (Å²) in [6, 6.07) is 29.2. The van der Waals surface area contributed by atoms with Gasteiger partial charge in [0.2, 0.25) is 5.78 Å². The lowest BCUT2D eigenvalue weighted by atomic mass is 9.76. The summed E-state index contributed by atoms with van der Waals surface area (Å²) in [6.07, 6.45) is 2.59. The highest BCUT2D eigenvalue weighted by Gasteiger charge is 2.75. The van der Waals surface area contributed by atoms with E-state index in [0.717, 1.165) is 23.6 Å². The molecule has 5 amide bonds. The second-order valence-corrected chi connectivity index (χ2v) is 18.4. The largest absolute Gasteiger partial charge is 0.490 e. The number of anilines is 3. The van der Waals surface area contributed by atoms with Crippen molar-refractivity contribution in [3.8, 4) is 5.75 Å². The van der Waals surface area contributed by atoms with Crippen LogP contribution in [-0.4, -0.2) is 46.0 Å². The van der Waals surface area contributed by atoms with Crippen molar-refractivity contribution in [3.63, 3.8) is 0 Å². The predicted molar refractivity (Wildman–Crippen MR) is 238 cm³/mol. The van der Waals surface area contributed by atoms with Crippen molar-refractivity contribution in [2.75, 3.05) is 22.2 Å². The monoisotopic (exact) mass is 822 g/mol. The molecule has 4 aromatic rings. The number of ether oxygens (including phenoxy) is 1. The first kappa shape index (κ1) is 44.9. The van der Waals surface area contributed by atoms with Gasteiger partial charge in [-0.05, 0) is 84.2 Å². The van der Waals surface area contributed by atoms with Gasteiger partial charge < -0.3 is 15.4 Å². The van der Waals surface area contributed by atoms with E-state index in [4.69, 9.17) is 16.3 Å². The lowest BCUT2D eigenvalue weighted by Crippen LogP contribution is -2.77. The highest BCUT2D eigenvalue weighted by atomic mass is 35.5. The van der Waals surface area contributed by atoms with Gasteiger partial charge in [-0.2, -0.15) is 0 Å². The van der Waals surface area contributed by atoms with Gasteiger partial charge in [-0.15, -0.1) is 5.01 Å². The van der Waals surface area contributed by atoms with Gasteiger partial charge in [0.05, 0.1) is 6.10 Å². The van der Waals surface area contributed by atoms with Gasteiger partial charge in [0.1, 0.15) is 18.0 Å². The number of carbonyl (C=O) groups excluding carboxylic acids is 4. The van der Waals surface area contributed by atoms with Gasteiger partial charge in [-0.25, -0.2) is 14.9 Å². The fourth-order valence-corrected chi connectivity index (χ4v) is 7.82. The minimum Gasteiger partial charge on any atom is -0.490 e. The summed E-state index contributed by atoms with van der Waals surface area (Å²) < 4.78 is 5.40. The molecule has 0 bridgehead atoms. The molecule has 10 nitrogen and oxygen atoms in total. The van der Waals surface area contributed by atoms with E-state index in [1.165, 1.54) is 11.1 Å². The maximum absolute atomic E-state index is 14.9. The van der Waals surface area contributed by atoms with E-state index >= 15 is 0 Å².